The molecular formula is C19H26N2O4. The lowest BCUT2D eigenvalue weighted by Gasteiger charge is -2.38. The molecule has 0 bridgehead atoms. The third kappa shape index (κ3) is 3.86. The Morgan fingerprint density at radius 1 is 1.28 bits per heavy atom. The molecule has 6 heteroatoms. The number of carbonyl (C=O) groups excluding carboxylic acids is 1. The summed E-state index contributed by atoms with van der Waals surface area (Å²) >= 11 is 0. The Hall–Kier alpha value is -1.50. The molecule has 4 rings (SSSR count). The van der Waals surface area contributed by atoms with Gasteiger partial charge in [0.2, 0.25) is 0 Å². The minimum Gasteiger partial charge on any atom is -0.375 e. The van der Waals surface area contributed by atoms with E-state index in [-0.39, 0.29) is 24.2 Å². The van der Waals surface area contributed by atoms with E-state index in [1.165, 1.54) is 0 Å². The number of amides is 1. The summed E-state index contributed by atoms with van der Waals surface area (Å²) in [6.07, 6.45) is 5.43. The molecule has 0 spiro atoms. The highest BCUT2D eigenvalue weighted by molar-refractivity contribution is 5.81. The van der Waals surface area contributed by atoms with E-state index >= 15 is 0 Å². The molecule has 3 unspecified atom stereocenters. The van der Waals surface area contributed by atoms with Crippen molar-refractivity contribution in [1.29, 1.82) is 0 Å². The van der Waals surface area contributed by atoms with Crippen LogP contribution in [-0.4, -0.2) is 60.4 Å². The first-order chi connectivity index (χ1) is 12.3. The van der Waals surface area contributed by atoms with Crippen molar-refractivity contribution in [3.05, 3.63) is 30.1 Å². The highest BCUT2D eigenvalue weighted by atomic mass is 16.5. The zero-order valence-electron chi connectivity index (χ0n) is 14.5. The Labute approximate surface area is 148 Å². The normalized spacial score (nSPS) is 31.9. The number of fused-ring (bicyclic) bond motifs is 1. The van der Waals surface area contributed by atoms with Gasteiger partial charge in [0.15, 0.2) is 0 Å². The monoisotopic (exact) mass is 346 g/mol. The summed E-state index contributed by atoms with van der Waals surface area (Å²) in [6, 6.07) is 6.02. The Morgan fingerprint density at radius 3 is 3.04 bits per heavy atom. The second-order valence-electron chi connectivity index (χ2n) is 7.18. The van der Waals surface area contributed by atoms with Crippen molar-refractivity contribution >= 4 is 5.91 Å². The molecule has 4 atom stereocenters. The summed E-state index contributed by atoms with van der Waals surface area (Å²) < 4.78 is 17.4. The summed E-state index contributed by atoms with van der Waals surface area (Å²) in [5, 5.41) is 0. The fraction of sp³-hybridized carbons (Fsp3) is 0.684. The van der Waals surface area contributed by atoms with Crippen molar-refractivity contribution in [3.8, 4) is 0 Å². The van der Waals surface area contributed by atoms with Crippen LogP contribution in [-0.2, 0) is 25.6 Å². The van der Waals surface area contributed by atoms with Gasteiger partial charge in [-0.3, -0.25) is 9.78 Å². The Kier molecular flexibility index (Phi) is 5.29. The van der Waals surface area contributed by atoms with Gasteiger partial charge >= 0.3 is 0 Å². The molecule has 6 nitrogen and oxygen atoms in total. The molecule has 1 aromatic heterocycles. The third-order valence-electron chi connectivity index (χ3n) is 5.45. The van der Waals surface area contributed by atoms with Crippen LogP contribution in [0.1, 0.15) is 31.4 Å². The molecule has 2 saturated heterocycles. The highest BCUT2D eigenvalue weighted by Gasteiger charge is 2.44. The van der Waals surface area contributed by atoms with Crippen molar-refractivity contribution < 1.29 is 19.0 Å². The molecule has 1 saturated carbocycles. The van der Waals surface area contributed by atoms with Gasteiger partial charge in [-0.1, -0.05) is 6.07 Å². The number of carbonyl (C=O) groups is 1. The molecule has 0 aromatic carbocycles. The van der Waals surface area contributed by atoms with Crippen molar-refractivity contribution in [1.82, 2.24) is 9.88 Å². The number of hydrogen-bond acceptors (Lipinski definition) is 5. The van der Waals surface area contributed by atoms with Crippen molar-refractivity contribution in [2.24, 2.45) is 5.92 Å². The SMILES string of the molecule is O=C([C@@H]1CCCO1)N1CCOC2CC(COCc3ccccn3)CC21. The van der Waals surface area contributed by atoms with Gasteiger partial charge < -0.3 is 19.1 Å². The van der Waals surface area contributed by atoms with Crippen LogP contribution >= 0.6 is 0 Å². The number of nitrogens with zero attached hydrogens (tertiary/aromatic N) is 2. The molecule has 1 aliphatic carbocycles. The van der Waals surface area contributed by atoms with Gasteiger partial charge in [0.1, 0.15) is 6.10 Å². The molecule has 1 aromatic rings. The van der Waals surface area contributed by atoms with Gasteiger partial charge in [0.05, 0.1) is 37.7 Å². The molecular weight excluding hydrogens is 320 g/mol. The molecule has 0 N–H and O–H groups in total. The Bertz CT molecular complexity index is 576. The van der Waals surface area contributed by atoms with Crippen LogP contribution in [0, 0.1) is 5.92 Å². The van der Waals surface area contributed by atoms with E-state index in [2.05, 4.69) is 4.98 Å². The van der Waals surface area contributed by atoms with Crippen molar-refractivity contribution in [2.45, 2.75) is 50.5 Å². The summed E-state index contributed by atoms with van der Waals surface area (Å²) in [5.74, 6) is 0.586. The Balaban J connectivity index is 1.30. The smallest absolute Gasteiger partial charge is 0.252 e. The van der Waals surface area contributed by atoms with E-state index in [4.69, 9.17) is 14.2 Å². The topological polar surface area (TPSA) is 60.9 Å². The van der Waals surface area contributed by atoms with Crippen LogP contribution in [0.5, 0.6) is 0 Å². The number of ether oxygens (including phenoxy) is 3. The van der Waals surface area contributed by atoms with E-state index in [0.717, 1.165) is 31.4 Å². The van der Waals surface area contributed by atoms with Gasteiger partial charge in [-0.2, -0.15) is 0 Å². The molecule has 136 valence electrons. The Morgan fingerprint density at radius 2 is 2.24 bits per heavy atom. The molecule has 3 heterocycles. The van der Waals surface area contributed by atoms with Crippen LogP contribution < -0.4 is 0 Å². The molecule has 3 fully saturated rings. The van der Waals surface area contributed by atoms with Crippen LogP contribution in [0.25, 0.3) is 0 Å². The summed E-state index contributed by atoms with van der Waals surface area (Å²) in [7, 11) is 0. The second-order valence-corrected chi connectivity index (χ2v) is 7.18. The summed E-state index contributed by atoms with van der Waals surface area (Å²) in [6.45, 7) is 3.24. The largest absolute Gasteiger partial charge is 0.375 e. The minimum absolute atomic E-state index is 0.141. The lowest BCUT2D eigenvalue weighted by molar-refractivity contribution is -0.153. The van der Waals surface area contributed by atoms with Gasteiger partial charge in [-0.05, 0) is 43.7 Å². The van der Waals surface area contributed by atoms with Crippen LogP contribution in [0.15, 0.2) is 24.4 Å². The molecule has 1 amide bonds. The lowest BCUT2D eigenvalue weighted by Crippen LogP contribution is -2.54. The van der Waals surface area contributed by atoms with Gasteiger partial charge in [0, 0.05) is 19.3 Å². The van der Waals surface area contributed by atoms with Gasteiger partial charge in [-0.25, -0.2) is 0 Å². The third-order valence-corrected chi connectivity index (χ3v) is 5.45. The van der Waals surface area contributed by atoms with Crippen molar-refractivity contribution in [3.63, 3.8) is 0 Å². The average molecular weight is 346 g/mol. The zero-order valence-corrected chi connectivity index (χ0v) is 14.5. The quantitative estimate of drug-likeness (QED) is 0.813. The number of rotatable bonds is 5. The van der Waals surface area contributed by atoms with Gasteiger partial charge in [-0.15, -0.1) is 0 Å². The standard InChI is InChI=1S/C19H26N2O4/c22-19(17-5-3-8-24-17)21-7-9-25-18-11-14(10-16(18)21)12-23-13-15-4-1-2-6-20-15/h1-2,4,6,14,16-18H,3,5,7-13H2/t14?,16?,17-,18?/m0/s1. The number of aromatic nitrogens is 1. The predicted octanol–water partition coefficient (Wildman–Crippen LogP) is 1.78. The molecule has 2 aliphatic heterocycles. The van der Waals surface area contributed by atoms with E-state index in [1.54, 1.807) is 6.20 Å². The maximum Gasteiger partial charge on any atom is 0.252 e. The number of pyridine rings is 1. The number of morpholine rings is 1. The fourth-order valence-corrected chi connectivity index (χ4v) is 4.23. The van der Waals surface area contributed by atoms with Crippen LogP contribution in [0.3, 0.4) is 0 Å². The van der Waals surface area contributed by atoms with E-state index in [9.17, 15) is 4.79 Å². The maximum absolute atomic E-state index is 12.8. The predicted molar refractivity (Wildman–Crippen MR) is 90.8 cm³/mol. The second kappa shape index (κ2) is 7.81. The molecule has 0 radical (unpaired) electrons. The average Bonchev–Trinajstić information content (AvgIpc) is 3.31. The first-order valence-electron chi connectivity index (χ1n) is 9.32. The first kappa shape index (κ1) is 16.9. The highest BCUT2D eigenvalue weighted by Crippen LogP contribution is 2.35. The van der Waals surface area contributed by atoms with Crippen LogP contribution in [0.2, 0.25) is 0 Å². The van der Waals surface area contributed by atoms with E-state index in [1.807, 2.05) is 23.1 Å². The zero-order chi connectivity index (χ0) is 17.1. The van der Waals surface area contributed by atoms with Gasteiger partial charge in [0.25, 0.3) is 5.91 Å². The van der Waals surface area contributed by atoms with E-state index < -0.39 is 0 Å². The summed E-state index contributed by atoms with van der Waals surface area (Å²) in [5.41, 5.74) is 0.948. The van der Waals surface area contributed by atoms with Crippen molar-refractivity contribution in [2.75, 3.05) is 26.4 Å². The lowest BCUT2D eigenvalue weighted by atomic mass is 10.1. The van der Waals surface area contributed by atoms with E-state index in [0.29, 0.717) is 38.9 Å². The molecule has 25 heavy (non-hydrogen) atoms. The molecule has 3 aliphatic rings. The maximum atomic E-state index is 12.8. The minimum atomic E-state index is -0.238. The number of hydrogen-bond donors (Lipinski definition) is 0. The first-order valence-corrected chi connectivity index (χ1v) is 9.32. The fourth-order valence-electron chi connectivity index (χ4n) is 4.23. The summed E-state index contributed by atoms with van der Waals surface area (Å²) in [4.78, 5) is 19.0. The van der Waals surface area contributed by atoms with Crippen LogP contribution in [0.4, 0.5) is 0 Å².